The molecular formula is C25H26O5. The summed E-state index contributed by atoms with van der Waals surface area (Å²) in [4.78, 5) is 0. The van der Waals surface area contributed by atoms with Crippen LogP contribution in [0, 0.1) is 0 Å². The van der Waals surface area contributed by atoms with Crippen LogP contribution in [0.5, 0.6) is 0 Å². The van der Waals surface area contributed by atoms with Gasteiger partial charge in [0.2, 0.25) is 0 Å². The Balaban J connectivity index is 1.43. The van der Waals surface area contributed by atoms with Crippen molar-refractivity contribution in [3.8, 4) is 0 Å². The second-order valence-electron chi connectivity index (χ2n) is 7.21. The smallest absolute Gasteiger partial charge is 0.190 e. The number of benzene rings is 3. The van der Waals surface area contributed by atoms with Crippen LogP contribution in [-0.2, 0) is 38.8 Å². The van der Waals surface area contributed by atoms with Gasteiger partial charge in [-0.3, -0.25) is 0 Å². The molecule has 156 valence electrons. The number of ether oxygens (including phenoxy) is 4. The largest absolute Gasteiger partial charge is 0.366 e. The second kappa shape index (κ2) is 10.5. The molecule has 0 aliphatic carbocycles. The minimum absolute atomic E-state index is 0.350. The van der Waals surface area contributed by atoms with Crippen molar-refractivity contribution < 1.29 is 24.1 Å². The summed E-state index contributed by atoms with van der Waals surface area (Å²) in [5.74, 6) is 0. The summed E-state index contributed by atoms with van der Waals surface area (Å²) < 4.78 is 23.8. The molecule has 5 nitrogen and oxygen atoms in total. The lowest BCUT2D eigenvalue weighted by Gasteiger charge is -2.24. The summed E-state index contributed by atoms with van der Waals surface area (Å²) in [7, 11) is 0. The van der Waals surface area contributed by atoms with Gasteiger partial charge >= 0.3 is 0 Å². The first-order valence-corrected chi connectivity index (χ1v) is 10.1. The molecular weight excluding hydrogens is 380 g/mol. The molecule has 4 atom stereocenters. The van der Waals surface area contributed by atoms with Crippen LogP contribution < -0.4 is 0 Å². The van der Waals surface area contributed by atoms with Gasteiger partial charge in [-0.25, -0.2) is 0 Å². The van der Waals surface area contributed by atoms with Gasteiger partial charge in [0.15, 0.2) is 12.6 Å². The molecule has 1 heterocycles. The van der Waals surface area contributed by atoms with E-state index in [0.29, 0.717) is 19.8 Å². The first-order valence-electron chi connectivity index (χ1n) is 10.1. The zero-order valence-electron chi connectivity index (χ0n) is 16.7. The van der Waals surface area contributed by atoms with E-state index >= 15 is 0 Å². The lowest BCUT2D eigenvalue weighted by atomic mass is 10.2. The normalized spacial score (nSPS) is 23.5. The van der Waals surface area contributed by atoms with Crippen molar-refractivity contribution in [1.29, 1.82) is 0 Å². The fourth-order valence-electron chi connectivity index (χ4n) is 3.38. The summed E-state index contributed by atoms with van der Waals surface area (Å²) in [5, 5.41) is 10.5. The standard InChI is InChI=1S/C25H26O5/c26-24-22(27-16-19-10-4-1-5-11-19)23(28-17-20-12-6-2-7-13-20)25(30-24)29-18-21-14-8-3-9-15-21/h1-15,22-26H,16-18H2/t22-,23+,24+,25-/m0/s1. The van der Waals surface area contributed by atoms with Crippen molar-refractivity contribution in [1.82, 2.24) is 0 Å². The second-order valence-corrected chi connectivity index (χ2v) is 7.21. The Morgan fingerprint density at radius 2 is 0.967 bits per heavy atom. The van der Waals surface area contributed by atoms with Crippen LogP contribution in [-0.4, -0.2) is 29.9 Å². The molecule has 0 unspecified atom stereocenters. The quantitative estimate of drug-likeness (QED) is 0.581. The first kappa shape index (κ1) is 20.7. The molecule has 0 radical (unpaired) electrons. The maximum atomic E-state index is 10.5. The van der Waals surface area contributed by atoms with E-state index in [1.807, 2.05) is 91.0 Å². The van der Waals surface area contributed by atoms with Gasteiger partial charge in [0.25, 0.3) is 0 Å². The highest BCUT2D eigenvalue weighted by Gasteiger charge is 2.46. The van der Waals surface area contributed by atoms with Crippen molar-refractivity contribution in [2.24, 2.45) is 0 Å². The van der Waals surface area contributed by atoms with E-state index in [1.165, 1.54) is 0 Å². The molecule has 3 aromatic carbocycles. The number of aliphatic hydroxyl groups is 1. The van der Waals surface area contributed by atoms with E-state index in [0.717, 1.165) is 16.7 Å². The van der Waals surface area contributed by atoms with E-state index in [4.69, 9.17) is 18.9 Å². The molecule has 1 saturated heterocycles. The van der Waals surface area contributed by atoms with Gasteiger partial charge in [-0.1, -0.05) is 91.0 Å². The topological polar surface area (TPSA) is 57.2 Å². The van der Waals surface area contributed by atoms with E-state index in [9.17, 15) is 5.11 Å². The van der Waals surface area contributed by atoms with Crippen LogP contribution in [0.25, 0.3) is 0 Å². The zero-order chi connectivity index (χ0) is 20.6. The average Bonchev–Trinajstić information content (AvgIpc) is 3.11. The van der Waals surface area contributed by atoms with Gasteiger partial charge in [-0.15, -0.1) is 0 Å². The Kier molecular flexibility index (Phi) is 7.24. The van der Waals surface area contributed by atoms with E-state index < -0.39 is 24.8 Å². The molecule has 5 heteroatoms. The Bertz CT molecular complexity index is 872. The van der Waals surface area contributed by atoms with Crippen LogP contribution in [0.1, 0.15) is 16.7 Å². The number of hydrogen-bond acceptors (Lipinski definition) is 5. The van der Waals surface area contributed by atoms with Gasteiger partial charge in [0.1, 0.15) is 12.2 Å². The first-order chi connectivity index (χ1) is 14.8. The summed E-state index contributed by atoms with van der Waals surface area (Å²) in [5.41, 5.74) is 3.06. The number of hydrogen-bond donors (Lipinski definition) is 1. The highest BCUT2D eigenvalue weighted by Crippen LogP contribution is 2.28. The third kappa shape index (κ3) is 5.53. The lowest BCUT2D eigenvalue weighted by molar-refractivity contribution is -0.215. The van der Waals surface area contributed by atoms with Crippen LogP contribution in [0.4, 0.5) is 0 Å². The maximum absolute atomic E-state index is 10.5. The number of rotatable bonds is 9. The molecule has 0 aromatic heterocycles. The molecule has 0 amide bonds. The molecule has 0 bridgehead atoms. The lowest BCUT2D eigenvalue weighted by Crippen LogP contribution is -2.38. The predicted molar refractivity (Wildman–Crippen MR) is 112 cm³/mol. The molecule has 1 aliphatic rings. The van der Waals surface area contributed by atoms with Crippen molar-refractivity contribution >= 4 is 0 Å². The maximum Gasteiger partial charge on any atom is 0.190 e. The summed E-state index contributed by atoms with van der Waals surface area (Å²) in [6, 6.07) is 29.5. The van der Waals surface area contributed by atoms with Crippen molar-refractivity contribution in [3.05, 3.63) is 108 Å². The third-order valence-electron chi connectivity index (χ3n) is 4.97. The predicted octanol–water partition coefficient (Wildman–Crippen LogP) is 4.05. The van der Waals surface area contributed by atoms with Gasteiger partial charge in [-0.05, 0) is 16.7 Å². The molecule has 30 heavy (non-hydrogen) atoms. The Morgan fingerprint density at radius 1 is 0.567 bits per heavy atom. The molecule has 1 fully saturated rings. The summed E-state index contributed by atoms with van der Waals surface area (Å²) in [6.07, 6.45) is -3.08. The minimum Gasteiger partial charge on any atom is -0.366 e. The van der Waals surface area contributed by atoms with E-state index in [2.05, 4.69) is 0 Å². The highest BCUT2D eigenvalue weighted by atomic mass is 16.8. The molecule has 4 rings (SSSR count). The van der Waals surface area contributed by atoms with Crippen molar-refractivity contribution in [2.45, 2.75) is 44.6 Å². The van der Waals surface area contributed by atoms with Crippen LogP contribution in [0.2, 0.25) is 0 Å². The average molecular weight is 406 g/mol. The summed E-state index contributed by atoms with van der Waals surface area (Å²) in [6.45, 7) is 1.08. The Hall–Kier alpha value is -2.54. The van der Waals surface area contributed by atoms with E-state index in [1.54, 1.807) is 0 Å². The molecule has 1 N–H and O–H groups in total. The Morgan fingerprint density at radius 3 is 1.43 bits per heavy atom. The van der Waals surface area contributed by atoms with Crippen molar-refractivity contribution in [3.63, 3.8) is 0 Å². The molecule has 0 spiro atoms. The molecule has 0 saturated carbocycles. The van der Waals surface area contributed by atoms with Crippen LogP contribution in [0.15, 0.2) is 91.0 Å². The van der Waals surface area contributed by atoms with Gasteiger partial charge in [-0.2, -0.15) is 0 Å². The van der Waals surface area contributed by atoms with Gasteiger partial charge in [0, 0.05) is 0 Å². The number of aliphatic hydroxyl groups excluding tert-OH is 1. The fourth-order valence-corrected chi connectivity index (χ4v) is 3.38. The third-order valence-corrected chi connectivity index (χ3v) is 4.97. The SMILES string of the molecule is O[C@@H]1O[C@H](OCc2ccccc2)[C@H](OCc2ccccc2)[C@@H]1OCc1ccccc1. The monoisotopic (exact) mass is 406 g/mol. The van der Waals surface area contributed by atoms with Crippen LogP contribution in [0.3, 0.4) is 0 Å². The zero-order valence-corrected chi connectivity index (χ0v) is 16.7. The van der Waals surface area contributed by atoms with Crippen LogP contribution >= 0.6 is 0 Å². The fraction of sp³-hybridized carbons (Fsp3) is 0.280. The summed E-state index contributed by atoms with van der Waals surface area (Å²) >= 11 is 0. The van der Waals surface area contributed by atoms with Gasteiger partial charge < -0.3 is 24.1 Å². The minimum atomic E-state index is -1.13. The molecule has 3 aromatic rings. The Labute approximate surface area is 176 Å². The highest BCUT2D eigenvalue weighted by molar-refractivity contribution is 5.15. The molecule has 1 aliphatic heterocycles. The van der Waals surface area contributed by atoms with Gasteiger partial charge in [0.05, 0.1) is 19.8 Å². The van der Waals surface area contributed by atoms with Crippen molar-refractivity contribution in [2.75, 3.05) is 0 Å². The van der Waals surface area contributed by atoms with E-state index in [-0.39, 0.29) is 0 Å².